The van der Waals surface area contributed by atoms with Crippen LogP contribution in [-0.2, 0) is 11.3 Å². The SMILES string of the molecule is CN=C(NCc1ccnc(N2CCCCCC2)c1)NC1CCN(C(=O)C2CCCC2)C1. The summed E-state index contributed by atoms with van der Waals surface area (Å²) < 4.78 is 0. The Bertz CT molecular complexity index is 752. The Kier molecular flexibility index (Phi) is 7.65. The van der Waals surface area contributed by atoms with E-state index >= 15 is 0 Å². The zero-order valence-electron chi connectivity index (χ0n) is 19.0. The normalized spacial score (nSPS) is 23.1. The monoisotopic (exact) mass is 426 g/mol. The van der Waals surface area contributed by atoms with Gasteiger partial charge in [-0.3, -0.25) is 9.79 Å². The number of guanidine groups is 1. The van der Waals surface area contributed by atoms with Crippen LogP contribution < -0.4 is 15.5 Å². The third-order valence-electron chi connectivity index (χ3n) is 6.97. The lowest BCUT2D eigenvalue weighted by atomic mass is 10.1. The molecule has 2 saturated heterocycles. The molecule has 3 fully saturated rings. The number of hydrogen-bond acceptors (Lipinski definition) is 4. The number of amides is 1. The van der Waals surface area contributed by atoms with Crippen LogP contribution in [-0.4, -0.2) is 61.0 Å². The van der Waals surface area contributed by atoms with E-state index in [0.29, 0.717) is 12.5 Å². The standard InChI is InChI=1S/C24H38N6O/c1-25-24(28-21-11-15-30(18-21)23(31)20-8-4-5-9-20)27-17-19-10-12-26-22(16-19)29-13-6-2-3-7-14-29/h10,12,16,20-21H,2-9,11,13-15,17-18H2,1H3,(H2,25,27,28). The van der Waals surface area contributed by atoms with E-state index in [1.807, 2.05) is 6.20 Å². The van der Waals surface area contributed by atoms with Gasteiger partial charge >= 0.3 is 0 Å². The van der Waals surface area contributed by atoms with Crippen LogP contribution in [0.5, 0.6) is 0 Å². The molecule has 1 aromatic heterocycles. The Labute approximate surface area is 186 Å². The van der Waals surface area contributed by atoms with Gasteiger partial charge in [0.25, 0.3) is 0 Å². The summed E-state index contributed by atoms with van der Waals surface area (Å²) >= 11 is 0. The van der Waals surface area contributed by atoms with Crippen molar-refractivity contribution in [2.24, 2.45) is 10.9 Å². The maximum Gasteiger partial charge on any atom is 0.225 e. The van der Waals surface area contributed by atoms with E-state index in [-0.39, 0.29) is 12.0 Å². The summed E-state index contributed by atoms with van der Waals surface area (Å²) in [7, 11) is 1.81. The van der Waals surface area contributed by atoms with Crippen LogP contribution >= 0.6 is 0 Å². The first-order valence-corrected chi connectivity index (χ1v) is 12.2. The van der Waals surface area contributed by atoms with Crippen molar-refractivity contribution < 1.29 is 4.79 Å². The van der Waals surface area contributed by atoms with E-state index in [9.17, 15) is 4.79 Å². The van der Waals surface area contributed by atoms with Gasteiger partial charge in [0.05, 0.1) is 0 Å². The number of nitrogens with zero attached hydrogens (tertiary/aromatic N) is 4. The number of carbonyl (C=O) groups is 1. The van der Waals surface area contributed by atoms with Gasteiger partial charge in [-0.15, -0.1) is 0 Å². The largest absolute Gasteiger partial charge is 0.357 e. The molecule has 3 heterocycles. The summed E-state index contributed by atoms with van der Waals surface area (Å²) in [4.78, 5) is 26.2. The summed E-state index contributed by atoms with van der Waals surface area (Å²) in [5.41, 5.74) is 1.21. The molecular formula is C24H38N6O. The van der Waals surface area contributed by atoms with Crippen molar-refractivity contribution in [1.29, 1.82) is 0 Å². The highest BCUT2D eigenvalue weighted by Crippen LogP contribution is 2.27. The number of aromatic nitrogens is 1. The minimum absolute atomic E-state index is 0.265. The third-order valence-corrected chi connectivity index (χ3v) is 6.97. The van der Waals surface area contributed by atoms with Crippen LogP contribution in [0.2, 0.25) is 0 Å². The Morgan fingerprint density at radius 1 is 1.10 bits per heavy atom. The number of pyridine rings is 1. The fraction of sp³-hybridized carbons (Fsp3) is 0.708. The number of aliphatic imine (C=N–C) groups is 1. The fourth-order valence-electron chi connectivity index (χ4n) is 5.13. The molecule has 2 aliphatic heterocycles. The van der Waals surface area contributed by atoms with Gasteiger partial charge in [0.2, 0.25) is 5.91 Å². The molecule has 1 atom stereocenters. The number of hydrogen-bond donors (Lipinski definition) is 2. The predicted octanol–water partition coefficient (Wildman–Crippen LogP) is 2.92. The van der Waals surface area contributed by atoms with Crippen molar-refractivity contribution in [1.82, 2.24) is 20.5 Å². The molecule has 0 radical (unpaired) electrons. The van der Waals surface area contributed by atoms with Gasteiger partial charge in [0.1, 0.15) is 5.82 Å². The second-order valence-corrected chi connectivity index (χ2v) is 9.24. The van der Waals surface area contributed by atoms with E-state index in [0.717, 1.165) is 57.2 Å². The summed E-state index contributed by atoms with van der Waals surface area (Å²) in [6, 6.07) is 4.53. The van der Waals surface area contributed by atoms with E-state index in [4.69, 9.17) is 0 Å². The molecule has 1 aromatic rings. The molecule has 1 aliphatic carbocycles. The van der Waals surface area contributed by atoms with Crippen molar-refractivity contribution in [3.63, 3.8) is 0 Å². The van der Waals surface area contributed by atoms with E-state index < -0.39 is 0 Å². The quantitative estimate of drug-likeness (QED) is 0.559. The van der Waals surface area contributed by atoms with Crippen LogP contribution in [0.15, 0.2) is 23.3 Å². The Hall–Kier alpha value is -2.31. The van der Waals surface area contributed by atoms with Crippen LogP contribution in [0, 0.1) is 5.92 Å². The van der Waals surface area contributed by atoms with Gasteiger partial charge in [0.15, 0.2) is 5.96 Å². The Balaban J connectivity index is 1.26. The number of rotatable bonds is 5. The van der Waals surface area contributed by atoms with Crippen molar-refractivity contribution in [2.75, 3.05) is 38.1 Å². The van der Waals surface area contributed by atoms with Gasteiger partial charge in [-0.05, 0) is 49.8 Å². The van der Waals surface area contributed by atoms with Crippen LogP contribution in [0.4, 0.5) is 5.82 Å². The predicted molar refractivity (Wildman–Crippen MR) is 125 cm³/mol. The maximum atomic E-state index is 12.7. The van der Waals surface area contributed by atoms with Gasteiger partial charge in [0, 0.05) is 57.9 Å². The van der Waals surface area contributed by atoms with Crippen molar-refractivity contribution in [3.8, 4) is 0 Å². The smallest absolute Gasteiger partial charge is 0.225 e. The zero-order valence-corrected chi connectivity index (χ0v) is 19.0. The molecule has 170 valence electrons. The topological polar surface area (TPSA) is 72.9 Å². The van der Waals surface area contributed by atoms with E-state index in [1.165, 1.54) is 44.1 Å². The van der Waals surface area contributed by atoms with Gasteiger partial charge in [-0.2, -0.15) is 0 Å². The molecule has 7 heteroatoms. The molecule has 7 nitrogen and oxygen atoms in total. The van der Waals surface area contributed by atoms with E-state index in [1.54, 1.807) is 7.05 Å². The van der Waals surface area contributed by atoms with Crippen LogP contribution in [0.3, 0.4) is 0 Å². The average molecular weight is 427 g/mol. The number of anilines is 1. The second-order valence-electron chi connectivity index (χ2n) is 9.24. The van der Waals surface area contributed by atoms with E-state index in [2.05, 4.69) is 42.5 Å². The minimum atomic E-state index is 0.265. The van der Waals surface area contributed by atoms with Gasteiger partial charge in [-0.1, -0.05) is 25.7 Å². The summed E-state index contributed by atoms with van der Waals surface area (Å²) in [5, 5.41) is 6.96. The molecule has 1 saturated carbocycles. The van der Waals surface area contributed by atoms with Crippen molar-refractivity contribution in [3.05, 3.63) is 23.9 Å². The lowest BCUT2D eigenvalue weighted by Gasteiger charge is -2.22. The lowest BCUT2D eigenvalue weighted by molar-refractivity contribution is -0.134. The highest BCUT2D eigenvalue weighted by molar-refractivity contribution is 5.81. The molecule has 2 N–H and O–H groups in total. The molecule has 4 rings (SSSR count). The minimum Gasteiger partial charge on any atom is -0.357 e. The molecule has 3 aliphatic rings. The van der Waals surface area contributed by atoms with Gasteiger partial charge < -0.3 is 20.4 Å². The fourth-order valence-corrected chi connectivity index (χ4v) is 5.13. The zero-order chi connectivity index (χ0) is 21.5. The molecule has 0 bridgehead atoms. The summed E-state index contributed by atoms with van der Waals surface area (Å²) in [6.07, 6.45) is 12.6. The molecule has 0 aromatic carbocycles. The van der Waals surface area contributed by atoms with Crippen molar-refractivity contribution in [2.45, 2.75) is 70.4 Å². The molecule has 1 unspecified atom stereocenters. The third kappa shape index (κ3) is 5.89. The molecule has 31 heavy (non-hydrogen) atoms. The lowest BCUT2D eigenvalue weighted by Crippen LogP contribution is -2.45. The Morgan fingerprint density at radius 3 is 2.61 bits per heavy atom. The van der Waals surface area contributed by atoms with Crippen LogP contribution in [0.1, 0.15) is 63.4 Å². The second kappa shape index (κ2) is 10.8. The van der Waals surface area contributed by atoms with Crippen LogP contribution in [0.25, 0.3) is 0 Å². The number of nitrogens with one attached hydrogen (secondary N) is 2. The highest BCUT2D eigenvalue weighted by atomic mass is 16.2. The van der Waals surface area contributed by atoms with Gasteiger partial charge in [-0.25, -0.2) is 4.98 Å². The highest BCUT2D eigenvalue weighted by Gasteiger charge is 2.32. The first-order chi connectivity index (χ1) is 15.2. The number of carbonyl (C=O) groups excluding carboxylic acids is 1. The number of likely N-dealkylation sites (tertiary alicyclic amines) is 1. The average Bonchev–Trinajstić information content (AvgIpc) is 3.43. The molecular weight excluding hydrogens is 388 g/mol. The van der Waals surface area contributed by atoms with Crippen molar-refractivity contribution >= 4 is 17.7 Å². The summed E-state index contributed by atoms with van der Waals surface area (Å²) in [5.74, 6) is 2.51. The maximum absolute atomic E-state index is 12.7. The molecule has 0 spiro atoms. The summed E-state index contributed by atoms with van der Waals surface area (Å²) in [6.45, 7) is 4.55. The molecule has 1 amide bonds. The first kappa shape index (κ1) is 21.9. The first-order valence-electron chi connectivity index (χ1n) is 12.2. The Morgan fingerprint density at radius 2 is 1.87 bits per heavy atom.